The summed E-state index contributed by atoms with van der Waals surface area (Å²) >= 11 is 1.68. The summed E-state index contributed by atoms with van der Waals surface area (Å²) in [5.74, 6) is 1.64. The Labute approximate surface area is 129 Å². The summed E-state index contributed by atoms with van der Waals surface area (Å²) in [6.45, 7) is 2.05. The molecule has 0 fully saturated rings. The van der Waals surface area contributed by atoms with Gasteiger partial charge < -0.3 is 14.6 Å². The van der Waals surface area contributed by atoms with Crippen LogP contribution in [0.1, 0.15) is 36.1 Å². The molecule has 3 rings (SSSR count). The van der Waals surface area contributed by atoms with Crippen LogP contribution in [0, 0.1) is 0 Å². The maximum absolute atomic E-state index is 10.5. The fourth-order valence-corrected chi connectivity index (χ4v) is 3.49. The summed E-state index contributed by atoms with van der Waals surface area (Å²) < 4.78 is 11.2. The number of aliphatic hydroxyl groups is 1. The summed E-state index contributed by atoms with van der Waals surface area (Å²) in [6, 6.07) is 6.04. The molecule has 0 saturated heterocycles. The van der Waals surface area contributed by atoms with E-state index in [1.54, 1.807) is 18.4 Å². The first kappa shape index (κ1) is 14.4. The van der Waals surface area contributed by atoms with Gasteiger partial charge in [-0.1, -0.05) is 0 Å². The Morgan fingerprint density at radius 1 is 1.48 bits per heavy atom. The van der Waals surface area contributed by atoms with Crippen LogP contribution < -0.4 is 9.47 Å². The molecule has 2 heterocycles. The van der Waals surface area contributed by atoms with Gasteiger partial charge in [0.25, 0.3) is 0 Å². The number of aryl methyl sites for hydroxylation is 1. The molecular weight excluding hydrogens is 284 g/mol. The van der Waals surface area contributed by atoms with Crippen LogP contribution in [0.4, 0.5) is 0 Å². The summed E-state index contributed by atoms with van der Waals surface area (Å²) in [5.41, 5.74) is 3.25. The Hall–Kier alpha value is -1.52. The molecular formula is C17H20O3S. The van der Waals surface area contributed by atoms with E-state index in [-0.39, 0.29) is 6.10 Å². The van der Waals surface area contributed by atoms with Crippen LogP contribution in [-0.2, 0) is 12.8 Å². The normalized spacial score (nSPS) is 18.1. The second kappa shape index (κ2) is 6.08. The monoisotopic (exact) mass is 304 g/mol. The fourth-order valence-electron chi connectivity index (χ4n) is 2.79. The second-order valence-corrected chi connectivity index (χ2v) is 6.30. The van der Waals surface area contributed by atoms with Crippen LogP contribution in [-0.4, -0.2) is 18.3 Å². The molecule has 0 spiro atoms. The van der Waals surface area contributed by atoms with E-state index in [0.29, 0.717) is 6.42 Å². The predicted octanol–water partition coefficient (Wildman–Crippen LogP) is 3.75. The van der Waals surface area contributed by atoms with E-state index in [1.165, 1.54) is 5.56 Å². The number of aliphatic hydroxyl groups excluding tert-OH is 1. The van der Waals surface area contributed by atoms with Crippen molar-refractivity contribution in [3.05, 3.63) is 45.6 Å². The molecule has 0 aliphatic carbocycles. The molecule has 1 aromatic heterocycles. The lowest BCUT2D eigenvalue weighted by atomic mass is 9.99. The van der Waals surface area contributed by atoms with Crippen LogP contribution in [0.15, 0.2) is 29.0 Å². The Morgan fingerprint density at radius 2 is 2.33 bits per heavy atom. The zero-order valence-electron chi connectivity index (χ0n) is 12.3. The van der Waals surface area contributed by atoms with Crippen LogP contribution in [0.25, 0.3) is 0 Å². The number of fused-ring (bicyclic) bond motifs is 1. The van der Waals surface area contributed by atoms with Crippen molar-refractivity contribution in [2.75, 3.05) is 7.11 Å². The summed E-state index contributed by atoms with van der Waals surface area (Å²) in [5, 5.41) is 14.7. The van der Waals surface area contributed by atoms with Gasteiger partial charge in [0.15, 0.2) is 0 Å². The molecule has 0 radical (unpaired) electrons. The van der Waals surface area contributed by atoms with Crippen LogP contribution >= 0.6 is 11.3 Å². The molecule has 2 aromatic rings. The van der Waals surface area contributed by atoms with Gasteiger partial charge in [0.2, 0.25) is 0 Å². The van der Waals surface area contributed by atoms with Crippen molar-refractivity contribution < 1.29 is 14.6 Å². The van der Waals surface area contributed by atoms with Gasteiger partial charge in [-0.15, -0.1) is 0 Å². The van der Waals surface area contributed by atoms with Gasteiger partial charge in [-0.25, -0.2) is 0 Å². The zero-order valence-corrected chi connectivity index (χ0v) is 13.2. The highest BCUT2D eigenvalue weighted by Gasteiger charge is 2.24. The zero-order chi connectivity index (χ0) is 14.8. The van der Waals surface area contributed by atoms with Crippen LogP contribution in [0.5, 0.6) is 11.5 Å². The number of ether oxygens (including phenoxy) is 2. The van der Waals surface area contributed by atoms with E-state index in [1.807, 2.05) is 12.1 Å². The second-order valence-electron chi connectivity index (χ2n) is 5.52. The molecule has 1 aliphatic rings. The van der Waals surface area contributed by atoms with Gasteiger partial charge in [0.05, 0.1) is 13.2 Å². The third kappa shape index (κ3) is 3.06. The smallest absolute Gasteiger partial charge is 0.125 e. The third-order valence-corrected chi connectivity index (χ3v) is 4.63. The fraction of sp³-hybridized carbons (Fsp3) is 0.412. The van der Waals surface area contributed by atoms with Gasteiger partial charge in [0, 0.05) is 17.5 Å². The molecule has 4 heteroatoms. The minimum Gasteiger partial charge on any atom is -0.496 e. The van der Waals surface area contributed by atoms with Crippen LogP contribution in [0.2, 0.25) is 0 Å². The number of rotatable bonds is 5. The van der Waals surface area contributed by atoms with E-state index in [9.17, 15) is 5.11 Å². The van der Waals surface area contributed by atoms with Gasteiger partial charge >= 0.3 is 0 Å². The number of hydrogen-bond donors (Lipinski definition) is 1. The molecule has 0 amide bonds. The van der Waals surface area contributed by atoms with Crippen molar-refractivity contribution in [2.45, 2.75) is 38.4 Å². The Balaban J connectivity index is 1.78. The van der Waals surface area contributed by atoms with Crippen molar-refractivity contribution in [3.63, 3.8) is 0 Å². The SMILES string of the molecule is COc1cc2c(cc1C(O)CCc1ccsc1)OC(C)C2. The Kier molecular flexibility index (Phi) is 4.17. The van der Waals surface area contributed by atoms with Gasteiger partial charge in [0.1, 0.15) is 17.6 Å². The Bertz CT molecular complexity index is 607. The average molecular weight is 304 g/mol. The molecule has 2 atom stereocenters. The Morgan fingerprint density at radius 3 is 3.05 bits per heavy atom. The first-order valence-electron chi connectivity index (χ1n) is 7.24. The van der Waals surface area contributed by atoms with Gasteiger partial charge in [-0.05, 0) is 54.3 Å². The minimum absolute atomic E-state index is 0.197. The maximum Gasteiger partial charge on any atom is 0.125 e. The highest BCUT2D eigenvalue weighted by atomic mass is 32.1. The molecule has 1 aliphatic heterocycles. The number of hydrogen-bond acceptors (Lipinski definition) is 4. The summed E-state index contributed by atoms with van der Waals surface area (Å²) in [6.07, 6.45) is 2.10. The lowest BCUT2D eigenvalue weighted by Gasteiger charge is -2.16. The van der Waals surface area contributed by atoms with E-state index in [0.717, 1.165) is 35.5 Å². The molecule has 0 saturated carbocycles. The minimum atomic E-state index is -0.537. The van der Waals surface area contributed by atoms with E-state index in [2.05, 4.69) is 23.8 Å². The predicted molar refractivity (Wildman–Crippen MR) is 84.4 cm³/mol. The molecule has 112 valence electrons. The van der Waals surface area contributed by atoms with Crippen molar-refractivity contribution in [1.82, 2.24) is 0 Å². The first-order chi connectivity index (χ1) is 10.2. The van der Waals surface area contributed by atoms with Crippen molar-refractivity contribution in [3.8, 4) is 11.5 Å². The van der Waals surface area contributed by atoms with E-state index < -0.39 is 6.10 Å². The largest absolute Gasteiger partial charge is 0.496 e. The number of methoxy groups -OCH3 is 1. The lowest BCUT2D eigenvalue weighted by Crippen LogP contribution is -2.05. The lowest BCUT2D eigenvalue weighted by molar-refractivity contribution is 0.163. The highest BCUT2D eigenvalue weighted by molar-refractivity contribution is 7.07. The standard InChI is InChI=1S/C17H20O3S/c1-11-7-13-8-17(19-2)14(9-16(13)20-11)15(18)4-3-12-5-6-21-10-12/h5-6,8-11,15,18H,3-4,7H2,1-2H3. The quantitative estimate of drug-likeness (QED) is 0.914. The molecule has 2 unspecified atom stereocenters. The van der Waals surface area contributed by atoms with E-state index in [4.69, 9.17) is 9.47 Å². The molecule has 0 bridgehead atoms. The maximum atomic E-state index is 10.5. The van der Waals surface area contributed by atoms with E-state index >= 15 is 0 Å². The molecule has 1 N–H and O–H groups in total. The van der Waals surface area contributed by atoms with Gasteiger partial charge in [-0.2, -0.15) is 11.3 Å². The van der Waals surface area contributed by atoms with Gasteiger partial charge in [-0.3, -0.25) is 0 Å². The first-order valence-corrected chi connectivity index (χ1v) is 8.18. The number of thiophene rings is 1. The topological polar surface area (TPSA) is 38.7 Å². The summed E-state index contributed by atoms with van der Waals surface area (Å²) in [7, 11) is 1.65. The van der Waals surface area contributed by atoms with Crippen LogP contribution in [0.3, 0.4) is 0 Å². The third-order valence-electron chi connectivity index (χ3n) is 3.89. The average Bonchev–Trinajstić information content (AvgIpc) is 3.10. The number of benzene rings is 1. The molecule has 3 nitrogen and oxygen atoms in total. The highest BCUT2D eigenvalue weighted by Crippen LogP contribution is 2.38. The van der Waals surface area contributed by atoms with Crippen molar-refractivity contribution >= 4 is 11.3 Å². The summed E-state index contributed by atoms with van der Waals surface area (Å²) in [4.78, 5) is 0. The molecule has 1 aromatic carbocycles. The van der Waals surface area contributed by atoms with Crippen molar-refractivity contribution in [1.29, 1.82) is 0 Å². The molecule has 21 heavy (non-hydrogen) atoms. The van der Waals surface area contributed by atoms with Crippen molar-refractivity contribution in [2.24, 2.45) is 0 Å².